The highest BCUT2D eigenvalue weighted by Gasteiger charge is 2.11. The summed E-state index contributed by atoms with van der Waals surface area (Å²) in [7, 11) is 2.03. The van der Waals surface area contributed by atoms with Gasteiger partial charge in [0.05, 0.1) is 10.7 Å². The number of rotatable bonds is 4. The molecule has 0 spiro atoms. The van der Waals surface area contributed by atoms with Crippen LogP contribution in [0.4, 0.5) is 5.69 Å². The summed E-state index contributed by atoms with van der Waals surface area (Å²) < 4.78 is 1.08. The molecule has 0 bridgehead atoms. The average Bonchev–Trinajstić information content (AvgIpc) is 2.40. The van der Waals surface area contributed by atoms with E-state index in [1.165, 1.54) is 5.56 Å². The molecule has 0 amide bonds. The molecule has 0 heterocycles. The molecule has 2 aromatic carbocycles. The Hall–Kier alpha value is -1.03. The van der Waals surface area contributed by atoms with Gasteiger partial charge in [-0.25, -0.2) is 0 Å². The minimum absolute atomic E-state index is 0.487. The third kappa shape index (κ3) is 3.50. The second kappa shape index (κ2) is 6.42. The first-order valence-electron chi connectivity index (χ1n) is 6.05. The van der Waals surface area contributed by atoms with Crippen molar-refractivity contribution in [3.63, 3.8) is 0 Å². The molecule has 19 heavy (non-hydrogen) atoms. The molecule has 2 nitrogen and oxygen atoms in total. The Balaban J connectivity index is 2.24. The second-order valence-corrected chi connectivity index (χ2v) is 5.76. The number of nitrogens with zero attached hydrogens (tertiary/aromatic N) is 1. The Kier molecular flexibility index (Phi) is 4.86. The summed E-state index contributed by atoms with van der Waals surface area (Å²) in [5.74, 6) is 0. The van der Waals surface area contributed by atoms with E-state index in [1.54, 1.807) is 0 Å². The number of nitrogens with two attached hydrogens (primary N) is 1. The van der Waals surface area contributed by atoms with E-state index in [-0.39, 0.29) is 0 Å². The van der Waals surface area contributed by atoms with E-state index in [9.17, 15) is 0 Å². The van der Waals surface area contributed by atoms with Crippen molar-refractivity contribution in [3.8, 4) is 0 Å². The van der Waals surface area contributed by atoms with Gasteiger partial charge in [-0.1, -0.05) is 51.8 Å². The van der Waals surface area contributed by atoms with Crippen LogP contribution >= 0.6 is 27.5 Å². The third-order valence-corrected chi connectivity index (χ3v) is 3.84. The zero-order valence-corrected chi connectivity index (χ0v) is 13.1. The van der Waals surface area contributed by atoms with Crippen LogP contribution in [0, 0.1) is 0 Å². The Morgan fingerprint density at radius 2 is 1.84 bits per heavy atom. The maximum Gasteiger partial charge on any atom is 0.0642 e. The first-order chi connectivity index (χ1) is 9.11. The van der Waals surface area contributed by atoms with Gasteiger partial charge < -0.3 is 10.6 Å². The molecule has 0 aliphatic rings. The molecule has 100 valence electrons. The van der Waals surface area contributed by atoms with Crippen LogP contribution in [-0.4, -0.2) is 7.05 Å². The van der Waals surface area contributed by atoms with E-state index < -0.39 is 0 Å². The highest BCUT2D eigenvalue weighted by Crippen LogP contribution is 2.30. The fourth-order valence-corrected chi connectivity index (χ4v) is 2.70. The van der Waals surface area contributed by atoms with Crippen molar-refractivity contribution in [2.45, 2.75) is 13.1 Å². The first-order valence-corrected chi connectivity index (χ1v) is 7.22. The van der Waals surface area contributed by atoms with E-state index in [2.05, 4.69) is 33.0 Å². The number of hydrogen-bond donors (Lipinski definition) is 1. The Morgan fingerprint density at radius 1 is 1.16 bits per heavy atom. The molecule has 0 aromatic heterocycles. The van der Waals surface area contributed by atoms with Crippen LogP contribution < -0.4 is 10.6 Å². The molecule has 0 aliphatic carbocycles. The lowest BCUT2D eigenvalue weighted by atomic mass is 10.1. The zero-order chi connectivity index (χ0) is 13.8. The monoisotopic (exact) mass is 338 g/mol. The van der Waals surface area contributed by atoms with Gasteiger partial charge in [-0.05, 0) is 29.3 Å². The van der Waals surface area contributed by atoms with Gasteiger partial charge in [-0.3, -0.25) is 0 Å². The van der Waals surface area contributed by atoms with Crippen molar-refractivity contribution in [1.29, 1.82) is 0 Å². The molecule has 0 radical (unpaired) electrons. The molecule has 0 saturated heterocycles. The van der Waals surface area contributed by atoms with E-state index in [0.29, 0.717) is 6.54 Å². The molecule has 0 saturated carbocycles. The van der Waals surface area contributed by atoms with Gasteiger partial charge >= 0.3 is 0 Å². The molecule has 2 aromatic rings. The number of anilines is 1. The molecule has 2 rings (SSSR count). The van der Waals surface area contributed by atoms with Gasteiger partial charge in [0.1, 0.15) is 0 Å². The molecule has 4 heteroatoms. The summed E-state index contributed by atoms with van der Waals surface area (Å²) >= 11 is 9.73. The maximum atomic E-state index is 6.29. The van der Waals surface area contributed by atoms with Gasteiger partial charge in [-0.2, -0.15) is 0 Å². The standard InChI is InChI=1S/C15H16BrClN2/c1-19(10-11-5-7-13(16)8-6-11)15-12(9-18)3-2-4-14(15)17/h2-8H,9-10,18H2,1H3. The summed E-state index contributed by atoms with van der Waals surface area (Å²) in [4.78, 5) is 2.13. The lowest BCUT2D eigenvalue weighted by Gasteiger charge is -2.23. The normalized spacial score (nSPS) is 10.5. The van der Waals surface area contributed by atoms with Crippen molar-refractivity contribution < 1.29 is 0 Å². The molecule has 0 fully saturated rings. The van der Waals surface area contributed by atoms with E-state index in [4.69, 9.17) is 17.3 Å². The van der Waals surface area contributed by atoms with Crippen LogP contribution in [-0.2, 0) is 13.1 Å². The van der Waals surface area contributed by atoms with Gasteiger partial charge in [0, 0.05) is 24.6 Å². The Labute approximate surface area is 127 Å². The maximum absolute atomic E-state index is 6.29. The van der Waals surface area contributed by atoms with Crippen LogP contribution in [0.5, 0.6) is 0 Å². The largest absolute Gasteiger partial charge is 0.369 e. The zero-order valence-electron chi connectivity index (χ0n) is 10.7. The minimum Gasteiger partial charge on any atom is -0.369 e. The first kappa shape index (κ1) is 14.4. The van der Waals surface area contributed by atoms with Crippen molar-refractivity contribution in [2.75, 3.05) is 11.9 Å². The Bertz CT molecular complexity index is 555. The number of hydrogen-bond acceptors (Lipinski definition) is 2. The topological polar surface area (TPSA) is 29.3 Å². The number of benzene rings is 2. The molecular formula is C15H16BrClN2. The van der Waals surface area contributed by atoms with Crippen LogP contribution in [0.3, 0.4) is 0 Å². The molecule has 0 atom stereocenters. The predicted octanol–water partition coefficient (Wildman–Crippen LogP) is 4.20. The van der Waals surface area contributed by atoms with Crippen molar-refractivity contribution in [3.05, 3.63) is 63.1 Å². The molecule has 0 aliphatic heterocycles. The number of halogens is 2. The summed E-state index contributed by atoms with van der Waals surface area (Å²) in [6.07, 6.45) is 0. The lowest BCUT2D eigenvalue weighted by Crippen LogP contribution is -2.19. The number of para-hydroxylation sites is 1. The quantitative estimate of drug-likeness (QED) is 0.904. The highest BCUT2D eigenvalue weighted by molar-refractivity contribution is 9.10. The SMILES string of the molecule is CN(Cc1ccc(Br)cc1)c1c(Cl)cccc1CN. The van der Waals surface area contributed by atoms with Crippen molar-refractivity contribution in [2.24, 2.45) is 5.73 Å². The second-order valence-electron chi connectivity index (χ2n) is 4.43. The summed E-state index contributed by atoms with van der Waals surface area (Å²) in [5.41, 5.74) is 9.08. The van der Waals surface area contributed by atoms with E-state index in [1.807, 2.05) is 37.4 Å². The fraction of sp³-hybridized carbons (Fsp3) is 0.200. The molecule has 0 unspecified atom stereocenters. The van der Waals surface area contributed by atoms with Crippen LogP contribution in [0.15, 0.2) is 46.9 Å². The molecular weight excluding hydrogens is 324 g/mol. The van der Waals surface area contributed by atoms with Crippen LogP contribution in [0.25, 0.3) is 0 Å². The van der Waals surface area contributed by atoms with Gasteiger partial charge in [-0.15, -0.1) is 0 Å². The summed E-state index contributed by atoms with van der Waals surface area (Å²) in [5, 5.41) is 0.738. The summed E-state index contributed by atoms with van der Waals surface area (Å²) in [6.45, 7) is 1.28. The van der Waals surface area contributed by atoms with Gasteiger partial charge in [0.2, 0.25) is 0 Å². The van der Waals surface area contributed by atoms with Crippen molar-refractivity contribution >= 4 is 33.2 Å². The lowest BCUT2D eigenvalue weighted by molar-refractivity contribution is 0.904. The van der Waals surface area contributed by atoms with Crippen LogP contribution in [0.1, 0.15) is 11.1 Å². The third-order valence-electron chi connectivity index (χ3n) is 3.00. The van der Waals surface area contributed by atoms with Gasteiger partial charge in [0.25, 0.3) is 0 Å². The van der Waals surface area contributed by atoms with E-state index >= 15 is 0 Å². The smallest absolute Gasteiger partial charge is 0.0642 e. The predicted molar refractivity (Wildman–Crippen MR) is 85.6 cm³/mol. The minimum atomic E-state index is 0.487. The average molecular weight is 340 g/mol. The molecule has 2 N–H and O–H groups in total. The van der Waals surface area contributed by atoms with Crippen molar-refractivity contribution in [1.82, 2.24) is 0 Å². The highest BCUT2D eigenvalue weighted by atomic mass is 79.9. The van der Waals surface area contributed by atoms with Gasteiger partial charge in [0.15, 0.2) is 0 Å². The fourth-order valence-electron chi connectivity index (χ4n) is 2.09. The Morgan fingerprint density at radius 3 is 2.47 bits per heavy atom. The van der Waals surface area contributed by atoms with Crippen LogP contribution in [0.2, 0.25) is 5.02 Å². The summed E-state index contributed by atoms with van der Waals surface area (Å²) in [6, 6.07) is 14.1. The van der Waals surface area contributed by atoms with E-state index in [0.717, 1.165) is 27.3 Å².